The Labute approximate surface area is 154 Å². The van der Waals surface area contributed by atoms with E-state index in [-0.39, 0.29) is 18.2 Å². The van der Waals surface area contributed by atoms with Gasteiger partial charge in [-0.2, -0.15) is 0 Å². The molecule has 26 heavy (non-hydrogen) atoms. The molecule has 0 saturated heterocycles. The Morgan fingerprint density at radius 3 is 2.54 bits per heavy atom. The topological polar surface area (TPSA) is 58.6 Å². The number of rotatable bonds is 5. The standard InChI is InChI=1S/C21H24N2O3/c1-3-22-21(25)18-12-15-8-4-5-10-17(15)14-23(18)20(24)13-16-9-6-7-11-19(16)26-2/h4-11,18H,3,12-14H2,1-2H3,(H,22,25)/t18-/m1/s1. The van der Waals surface area contributed by atoms with E-state index in [1.54, 1.807) is 12.0 Å². The zero-order chi connectivity index (χ0) is 18.5. The Kier molecular flexibility index (Phi) is 5.56. The molecule has 2 aromatic carbocycles. The summed E-state index contributed by atoms with van der Waals surface area (Å²) in [6.45, 7) is 2.88. The Morgan fingerprint density at radius 1 is 1.12 bits per heavy atom. The Balaban J connectivity index is 1.86. The Bertz CT molecular complexity index is 803. The first-order valence-corrected chi connectivity index (χ1v) is 8.90. The lowest BCUT2D eigenvalue weighted by atomic mass is 9.92. The number of nitrogens with one attached hydrogen (secondary N) is 1. The molecule has 0 aliphatic carbocycles. The van der Waals surface area contributed by atoms with Crippen LogP contribution in [0.15, 0.2) is 48.5 Å². The van der Waals surface area contributed by atoms with E-state index in [1.807, 2.05) is 55.5 Å². The van der Waals surface area contributed by atoms with Gasteiger partial charge in [0.05, 0.1) is 13.5 Å². The van der Waals surface area contributed by atoms with Gasteiger partial charge in [-0.15, -0.1) is 0 Å². The summed E-state index contributed by atoms with van der Waals surface area (Å²) >= 11 is 0. The molecule has 0 spiro atoms. The average molecular weight is 352 g/mol. The highest BCUT2D eigenvalue weighted by molar-refractivity contribution is 5.89. The maximum absolute atomic E-state index is 13.1. The van der Waals surface area contributed by atoms with Crippen molar-refractivity contribution >= 4 is 11.8 Å². The zero-order valence-electron chi connectivity index (χ0n) is 15.2. The van der Waals surface area contributed by atoms with Gasteiger partial charge in [0, 0.05) is 25.1 Å². The molecule has 0 aromatic heterocycles. The summed E-state index contributed by atoms with van der Waals surface area (Å²) in [5.74, 6) is 0.517. The lowest BCUT2D eigenvalue weighted by Crippen LogP contribution is -2.53. The molecule has 1 aliphatic rings. The molecule has 136 valence electrons. The number of methoxy groups -OCH3 is 1. The fourth-order valence-corrected chi connectivity index (χ4v) is 3.42. The number of likely N-dealkylation sites (N-methyl/N-ethyl adjacent to an activating group) is 1. The van der Waals surface area contributed by atoms with Crippen LogP contribution in [-0.4, -0.2) is 36.4 Å². The van der Waals surface area contributed by atoms with Crippen molar-refractivity contribution in [3.8, 4) is 5.75 Å². The lowest BCUT2D eigenvalue weighted by Gasteiger charge is -2.36. The van der Waals surface area contributed by atoms with Gasteiger partial charge in [-0.25, -0.2) is 0 Å². The predicted molar refractivity (Wildman–Crippen MR) is 99.9 cm³/mol. The molecule has 5 heteroatoms. The summed E-state index contributed by atoms with van der Waals surface area (Å²) in [7, 11) is 1.60. The smallest absolute Gasteiger partial charge is 0.243 e. The molecule has 0 unspecified atom stereocenters. The lowest BCUT2D eigenvalue weighted by molar-refractivity contribution is -0.141. The van der Waals surface area contributed by atoms with Gasteiger partial charge in [0.2, 0.25) is 11.8 Å². The molecule has 2 amide bonds. The molecule has 3 rings (SSSR count). The summed E-state index contributed by atoms with van der Waals surface area (Å²) in [6.07, 6.45) is 0.752. The predicted octanol–water partition coefficient (Wildman–Crippen LogP) is 2.33. The van der Waals surface area contributed by atoms with Gasteiger partial charge < -0.3 is 15.0 Å². The molecule has 0 bridgehead atoms. The first kappa shape index (κ1) is 18.0. The highest BCUT2D eigenvalue weighted by Gasteiger charge is 2.34. The summed E-state index contributed by atoms with van der Waals surface area (Å²) in [5, 5.41) is 2.86. The molecule has 1 heterocycles. The number of para-hydroxylation sites is 1. The van der Waals surface area contributed by atoms with Crippen molar-refractivity contribution in [3.63, 3.8) is 0 Å². The quantitative estimate of drug-likeness (QED) is 0.898. The molecular formula is C21H24N2O3. The van der Waals surface area contributed by atoms with Crippen LogP contribution in [0.4, 0.5) is 0 Å². The van der Waals surface area contributed by atoms with Crippen LogP contribution < -0.4 is 10.1 Å². The van der Waals surface area contributed by atoms with E-state index in [0.29, 0.717) is 25.3 Å². The fraction of sp³-hybridized carbons (Fsp3) is 0.333. The van der Waals surface area contributed by atoms with Crippen LogP contribution in [0.25, 0.3) is 0 Å². The van der Waals surface area contributed by atoms with Crippen LogP contribution in [0, 0.1) is 0 Å². The number of ether oxygens (including phenoxy) is 1. The van der Waals surface area contributed by atoms with Gasteiger partial charge in [-0.3, -0.25) is 9.59 Å². The molecule has 0 saturated carbocycles. The van der Waals surface area contributed by atoms with Gasteiger partial charge in [0.25, 0.3) is 0 Å². The Hall–Kier alpha value is -2.82. The van der Waals surface area contributed by atoms with E-state index < -0.39 is 6.04 Å². The van der Waals surface area contributed by atoms with E-state index >= 15 is 0 Å². The van der Waals surface area contributed by atoms with Crippen molar-refractivity contribution in [2.45, 2.75) is 32.4 Å². The minimum Gasteiger partial charge on any atom is -0.496 e. The molecule has 1 aliphatic heterocycles. The molecule has 1 N–H and O–H groups in total. The third-order valence-corrected chi connectivity index (χ3v) is 4.76. The maximum Gasteiger partial charge on any atom is 0.243 e. The summed E-state index contributed by atoms with van der Waals surface area (Å²) < 4.78 is 5.35. The number of nitrogens with zero attached hydrogens (tertiary/aromatic N) is 1. The third-order valence-electron chi connectivity index (χ3n) is 4.76. The Morgan fingerprint density at radius 2 is 1.81 bits per heavy atom. The summed E-state index contributed by atoms with van der Waals surface area (Å²) in [4.78, 5) is 27.3. The van der Waals surface area contributed by atoms with Crippen LogP contribution in [-0.2, 0) is 29.0 Å². The fourth-order valence-electron chi connectivity index (χ4n) is 3.42. The van der Waals surface area contributed by atoms with Gasteiger partial charge in [0.1, 0.15) is 11.8 Å². The zero-order valence-corrected chi connectivity index (χ0v) is 15.2. The highest BCUT2D eigenvalue weighted by atomic mass is 16.5. The van der Waals surface area contributed by atoms with Crippen LogP contribution in [0.1, 0.15) is 23.6 Å². The van der Waals surface area contributed by atoms with Gasteiger partial charge in [-0.1, -0.05) is 42.5 Å². The highest BCUT2D eigenvalue weighted by Crippen LogP contribution is 2.26. The monoisotopic (exact) mass is 352 g/mol. The number of fused-ring (bicyclic) bond motifs is 1. The second-order valence-corrected chi connectivity index (χ2v) is 6.39. The van der Waals surface area contributed by atoms with Crippen LogP contribution in [0.5, 0.6) is 5.75 Å². The molecule has 0 fully saturated rings. The normalized spacial score (nSPS) is 15.9. The van der Waals surface area contributed by atoms with Crippen molar-refractivity contribution in [1.82, 2.24) is 10.2 Å². The van der Waals surface area contributed by atoms with Crippen molar-refractivity contribution in [2.75, 3.05) is 13.7 Å². The number of carbonyl (C=O) groups excluding carboxylic acids is 2. The number of benzene rings is 2. The van der Waals surface area contributed by atoms with E-state index in [0.717, 1.165) is 16.7 Å². The van der Waals surface area contributed by atoms with Gasteiger partial charge in [0.15, 0.2) is 0 Å². The van der Waals surface area contributed by atoms with E-state index in [9.17, 15) is 9.59 Å². The van der Waals surface area contributed by atoms with E-state index in [1.165, 1.54) is 0 Å². The number of hydrogen-bond donors (Lipinski definition) is 1. The largest absolute Gasteiger partial charge is 0.496 e. The van der Waals surface area contributed by atoms with Crippen molar-refractivity contribution < 1.29 is 14.3 Å². The van der Waals surface area contributed by atoms with Gasteiger partial charge in [-0.05, 0) is 24.1 Å². The first-order valence-electron chi connectivity index (χ1n) is 8.90. The van der Waals surface area contributed by atoms with Crippen molar-refractivity contribution in [1.29, 1.82) is 0 Å². The van der Waals surface area contributed by atoms with Crippen LogP contribution >= 0.6 is 0 Å². The summed E-state index contributed by atoms with van der Waals surface area (Å²) in [5.41, 5.74) is 3.06. The number of amides is 2. The summed E-state index contributed by atoms with van der Waals surface area (Å²) in [6, 6.07) is 15.0. The van der Waals surface area contributed by atoms with Gasteiger partial charge >= 0.3 is 0 Å². The minimum absolute atomic E-state index is 0.0692. The average Bonchev–Trinajstić information content (AvgIpc) is 2.67. The molecule has 2 aromatic rings. The second kappa shape index (κ2) is 8.04. The number of carbonyl (C=O) groups is 2. The van der Waals surface area contributed by atoms with Crippen LogP contribution in [0.2, 0.25) is 0 Å². The SMILES string of the molecule is CCNC(=O)[C@H]1Cc2ccccc2CN1C(=O)Cc1ccccc1OC. The van der Waals surface area contributed by atoms with Crippen molar-refractivity contribution in [2.24, 2.45) is 0 Å². The van der Waals surface area contributed by atoms with Crippen LogP contribution in [0.3, 0.4) is 0 Å². The third kappa shape index (κ3) is 3.72. The second-order valence-electron chi connectivity index (χ2n) is 6.39. The molecular weight excluding hydrogens is 328 g/mol. The molecule has 0 radical (unpaired) electrons. The molecule has 1 atom stereocenters. The van der Waals surface area contributed by atoms with E-state index in [2.05, 4.69) is 5.32 Å². The maximum atomic E-state index is 13.1. The minimum atomic E-state index is -0.480. The van der Waals surface area contributed by atoms with E-state index in [4.69, 9.17) is 4.74 Å². The molecule has 5 nitrogen and oxygen atoms in total. The first-order chi connectivity index (χ1) is 12.6. The van der Waals surface area contributed by atoms with Crippen molar-refractivity contribution in [3.05, 3.63) is 65.2 Å². The number of hydrogen-bond acceptors (Lipinski definition) is 3.